The molecule has 5 nitrogen and oxygen atoms in total. The summed E-state index contributed by atoms with van der Waals surface area (Å²) in [5, 5.41) is 0. The van der Waals surface area contributed by atoms with Gasteiger partial charge in [-0.15, -0.1) is 0 Å². The maximum Gasteiger partial charge on any atom is 1.00 e. The van der Waals surface area contributed by atoms with E-state index in [2.05, 4.69) is 0 Å². The number of phosphoric ester groups is 1. The van der Waals surface area contributed by atoms with Crippen molar-refractivity contribution in [2.75, 3.05) is 0 Å². The summed E-state index contributed by atoms with van der Waals surface area (Å²) in [4.78, 5) is 24.4. The van der Waals surface area contributed by atoms with Gasteiger partial charge < -0.3 is 13.9 Å². The normalized spacial score (nSPS) is 12.6. The van der Waals surface area contributed by atoms with Crippen molar-refractivity contribution in [2.45, 2.75) is 0 Å². The molecule has 0 saturated carbocycles. The van der Waals surface area contributed by atoms with Crippen LogP contribution in [0.3, 0.4) is 0 Å². The molecule has 0 aliphatic heterocycles. The summed E-state index contributed by atoms with van der Waals surface area (Å²) < 4.78 is 22.2. The minimum atomic E-state index is -4.64. The van der Waals surface area contributed by atoms with Crippen molar-refractivity contribution in [1.29, 1.82) is 0 Å². The van der Waals surface area contributed by atoms with Gasteiger partial charge in [0.15, 0.2) is 5.78 Å². The minimum absolute atomic E-state index is 0. The Hall–Kier alpha value is -2.14. The first-order chi connectivity index (χ1) is 13.0. The Morgan fingerprint density at radius 3 is 2.07 bits per heavy atom. The molecule has 3 aromatic carbocycles. The fourth-order valence-electron chi connectivity index (χ4n) is 2.32. The van der Waals surface area contributed by atoms with Gasteiger partial charge in [0.2, 0.25) is 0 Å². The third-order valence-corrected chi connectivity index (χ3v) is 4.42. The van der Waals surface area contributed by atoms with E-state index in [0.29, 0.717) is 11.1 Å². The second-order valence-corrected chi connectivity index (χ2v) is 6.80. The zero-order chi connectivity index (χ0) is 19.1. The molecule has 0 aromatic heterocycles. The molecule has 0 fully saturated rings. The first-order valence-electron chi connectivity index (χ1n) is 8.15. The number of ketones is 1. The first kappa shape index (κ1) is 22.2. The SMILES string of the molecule is O=C(C=Cc1ccccc1OP(=O)([O-])Oc1ccccc1)c1ccccc1.[Na+]. The quantitative estimate of drug-likeness (QED) is 0.259. The summed E-state index contributed by atoms with van der Waals surface area (Å²) in [6.07, 6.45) is 2.87. The summed E-state index contributed by atoms with van der Waals surface area (Å²) in [7, 11) is -4.64. The van der Waals surface area contributed by atoms with Crippen LogP contribution in [0.5, 0.6) is 11.5 Å². The third kappa shape index (κ3) is 6.48. The molecule has 1 atom stereocenters. The van der Waals surface area contributed by atoms with Crippen LogP contribution in [0.1, 0.15) is 15.9 Å². The minimum Gasteiger partial charge on any atom is -0.736 e. The van der Waals surface area contributed by atoms with Gasteiger partial charge in [-0.3, -0.25) is 4.79 Å². The molecule has 0 amide bonds. The van der Waals surface area contributed by atoms with Gasteiger partial charge in [0.1, 0.15) is 11.5 Å². The van der Waals surface area contributed by atoms with Crippen molar-refractivity contribution in [3.63, 3.8) is 0 Å². The van der Waals surface area contributed by atoms with Crippen molar-refractivity contribution in [3.05, 3.63) is 102 Å². The molecule has 7 heteroatoms. The molecule has 1 unspecified atom stereocenters. The Bertz CT molecular complexity index is 990. The van der Waals surface area contributed by atoms with E-state index in [1.165, 1.54) is 30.4 Å². The van der Waals surface area contributed by atoms with Crippen LogP contribution < -0.4 is 43.5 Å². The molecule has 28 heavy (non-hydrogen) atoms. The summed E-state index contributed by atoms with van der Waals surface area (Å²) in [6.45, 7) is 0. The second kappa shape index (κ2) is 10.4. The van der Waals surface area contributed by atoms with E-state index < -0.39 is 7.82 Å². The number of allylic oxidation sites excluding steroid dienone is 1. The molecule has 0 aliphatic rings. The van der Waals surface area contributed by atoms with Crippen LogP contribution in [0.25, 0.3) is 6.08 Å². The zero-order valence-electron chi connectivity index (χ0n) is 15.2. The van der Waals surface area contributed by atoms with Crippen molar-refractivity contribution in [3.8, 4) is 11.5 Å². The molecule has 0 heterocycles. The predicted octanol–water partition coefficient (Wildman–Crippen LogP) is 1.51. The first-order valence-corrected chi connectivity index (χ1v) is 9.61. The van der Waals surface area contributed by atoms with Gasteiger partial charge in [-0.2, -0.15) is 0 Å². The smallest absolute Gasteiger partial charge is 0.736 e. The van der Waals surface area contributed by atoms with E-state index in [0.717, 1.165) is 0 Å². The molecule has 0 spiro atoms. The Labute approximate surface area is 185 Å². The molecule has 0 saturated heterocycles. The van der Waals surface area contributed by atoms with Crippen LogP contribution in [0, 0.1) is 0 Å². The van der Waals surface area contributed by atoms with Gasteiger partial charge >= 0.3 is 37.4 Å². The van der Waals surface area contributed by atoms with Crippen LogP contribution in [-0.4, -0.2) is 5.78 Å². The average molecular weight is 402 g/mol. The van der Waals surface area contributed by atoms with Crippen molar-refractivity contribution in [2.24, 2.45) is 0 Å². The van der Waals surface area contributed by atoms with Crippen LogP contribution in [0.2, 0.25) is 0 Å². The molecule has 0 radical (unpaired) electrons. The second-order valence-electron chi connectivity index (χ2n) is 5.54. The van der Waals surface area contributed by atoms with Gasteiger partial charge in [0.05, 0.1) is 0 Å². The van der Waals surface area contributed by atoms with Crippen LogP contribution >= 0.6 is 7.82 Å². The Morgan fingerprint density at radius 1 is 0.821 bits per heavy atom. The van der Waals surface area contributed by atoms with Crippen molar-refractivity contribution < 1.29 is 52.9 Å². The summed E-state index contributed by atoms with van der Waals surface area (Å²) in [6, 6.07) is 23.3. The van der Waals surface area contributed by atoms with E-state index in [-0.39, 0.29) is 46.8 Å². The van der Waals surface area contributed by atoms with Gasteiger partial charge in [-0.25, -0.2) is 4.57 Å². The number of phosphoric acid groups is 1. The van der Waals surface area contributed by atoms with E-state index >= 15 is 0 Å². The van der Waals surface area contributed by atoms with Gasteiger partial charge in [-0.05, 0) is 30.4 Å². The van der Waals surface area contributed by atoms with Crippen LogP contribution in [-0.2, 0) is 4.57 Å². The number of carbonyl (C=O) groups excluding carboxylic acids is 1. The molecular weight excluding hydrogens is 386 g/mol. The largest absolute Gasteiger partial charge is 1.00 e. The molecule has 0 aliphatic carbocycles. The molecule has 3 aromatic rings. The summed E-state index contributed by atoms with van der Waals surface area (Å²) >= 11 is 0. The summed E-state index contributed by atoms with van der Waals surface area (Å²) in [5.41, 5.74) is 0.976. The number of hydrogen-bond donors (Lipinski definition) is 0. The molecule has 0 bridgehead atoms. The topological polar surface area (TPSA) is 75.7 Å². The van der Waals surface area contributed by atoms with Gasteiger partial charge in [0.25, 0.3) is 0 Å². The average Bonchev–Trinajstić information content (AvgIpc) is 2.68. The van der Waals surface area contributed by atoms with Crippen LogP contribution in [0.4, 0.5) is 0 Å². The number of carbonyl (C=O) groups is 1. The van der Waals surface area contributed by atoms with E-state index in [4.69, 9.17) is 9.05 Å². The number of para-hydroxylation sites is 2. The molecule has 3 rings (SSSR count). The predicted molar refractivity (Wildman–Crippen MR) is 102 cm³/mol. The standard InChI is InChI=1S/C21H17O5P.Na/c22-20(17-9-3-1-4-10-17)16-15-18-11-7-8-14-21(18)26-27(23,24)25-19-12-5-2-6-13-19;/h1-16H,(H,23,24);/q;+1/p-1. The van der Waals surface area contributed by atoms with E-state index in [1.54, 1.807) is 60.7 Å². The summed E-state index contributed by atoms with van der Waals surface area (Å²) in [5.74, 6) is 0.0308. The van der Waals surface area contributed by atoms with E-state index in [9.17, 15) is 14.3 Å². The molecular formula is C21H16NaO5P. The fraction of sp³-hybridized carbons (Fsp3) is 0. The molecule has 136 valence electrons. The number of rotatable bonds is 7. The maximum atomic E-state index is 12.2. The monoisotopic (exact) mass is 402 g/mol. The molecule has 0 N–H and O–H groups in total. The number of benzene rings is 3. The van der Waals surface area contributed by atoms with Gasteiger partial charge in [-0.1, -0.05) is 66.7 Å². The maximum absolute atomic E-state index is 12.2. The van der Waals surface area contributed by atoms with Crippen molar-refractivity contribution >= 4 is 19.7 Å². The fourth-order valence-corrected chi connectivity index (χ4v) is 3.14. The Morgan fingerprint density at radius 2 is 1.39 bits per heavy atom. The Kier molecular flexibility index (Phi) is 8.24. The van der Waals surface area contributed by atoms with Gasteiger partial charge in [0, 0.05) is 11.1 Å². The number of hydrogen-bond acceptors (Lipinski definition) is 5. The zero-order valence-corrected chi connectivity index (χ0v) is 18.1. The Balaban J connectivity index is 0.00000280. The third-order valence-electron chi connectivity index (χ3n) is 3.56. The van der Waals surface area contributed by atoms with E-state index in [1.807, 2.05) is 6.07 Å². The van der Waals surface area contributed by atoms with Crippen molar-refractivity contribution in [1.82, 2.24) is 0 Å². The van der Waals surface area contributed by atoms with Crippen LogP contribution in [0.15, 0.2) is 91.0 Å².